The van der Waals surface area contributed by atoms with Gasteiger partial charge in [-0.05, 0) is 11.6 Å². The van der Waals surface area contributed by atoms with Crippen LogP contribution >= 0.6 is 11.6 Å². The van der Waals surface area contributed by atoms with E-state index in [2.05, 4.69) is 10.2 Å². The van der Waals surface area contributed by atoms with Gasteiger partial charge >= 0.3 is 0 Å². The quantitative estimate of drug-likeness (QED) is 0.458. The maximum atomic E-state index is 11.0. The zero-order valence-corrected chi connectivity index (χ0v) is 16.5. The van der Waals surface area contributed by atoms with Crippen molar-refractivity contribution in [3.8, 4) is 28.4 Å². The van der Waals surface area contributed by atoms with Gasteiger partial charge in [0, 0.05) is 23.7 Å². The standard InChI is InChI=1S/C23H16ClN5O/c24-20-12-17(13-25-28-20)21-22-27-18(11-15-7-3-1-4-8-15)23(30)29(22)14-19(26-21)16-9-5-2-6-10-16/h1-10,12-14,30H,11H2. The Hall–Kier alpha value is -3.77. The van der Waals surface area contributed by atoms with Crippen molar-refractivity contribution in [2.45, 2.75) is 6.42 Å². The molecule has 0 radical (unpaired) electrons. The van der Waals surface area contributed by atoms with E-state index in [1.807, 2.05) is 60.7 Å². The maximum Gasteiger partial charge on any atom is 0.219 e. The van der Waals surface area contributed by atoms with Gasteiger partial charge in [-0.2, -0.15) is 5.10 Å². The summed E-state index contributed by atoms with van der Waals surface area (Å²) >= 11 is 6.07. The normalized spacial score (nSPS) is 11.1. The minimum absolute atomic E-state index is 0.0859. The summed E-state index contributed by atoms with van der Waals surface area (Å²) in [5.74, 6) is 0.0859. The van der Waals surface area contributed by atoms with Gasteiger partial charge in [0.15, 0.2) is 10.8 Å². The van der Waals surface area contributed by atoms with Crippen LogP contribution in [0.5, 0.6) is 5.88 Å². The summed E-state index contributed by atoms with van der Waals surface area (Å²) in [6.45, 7) is 0. The molecule has 30 heavy (non-hydrogen) atoms. The van der Waals surface area contributed by atoms with Gasteiger partial charge in [-0.15, -0.1) is 5.10 Å². The number of benzene rings is 2. The number of hydrogen-bond acceptors (Lipinski definition) is 5. The number of aromatic nitrogens is 5. The van der Waals surface area contributed by atoms with E-state index < -0.39 is 0 Å². The number of aromatic hydroxyl groups is 1. The Bertz CT molecular complexity index is 1340. The largest absolute Gasteiger partial charge is 0.493 e. The predicted molar refractivity (Wildman–Crippen MR) is 115 cm³/mol. The first-order chi connectivity index (χ1) is 14.7. The second-order valence-electron chi connectivity index (χ2n) is 6.85. The van der Waals surface area contributed by atoms with Gasteiger partial charge in [-0.3, -0.25) is 4.40 Å². The van der Waals surface area contributed by atoms with E-state index in [1.54, 1.807) is 22.9 Å². The third-order valence-corrected chi connectivity index (χ3v) is 5.02. The van der Waals surface area contributed by atoms with E-state index >= 15 is 0 Å². The number of halogens is 1. The Kier molecular flexibility index (Phi) is 4.61. The molecule has 0 fully saturated rings. The van der Waals surface area contributed by atoms with E-state index in [4.69, 9.17) is 21.6 Å². The molecule has 0 bridgehead atoms. The van der Waals surface area contributed by atoms with E-state index in [0.717, 1.165) is 11.1 Å². The van der Waals surface area contributed by atoms with Gasteiger partial charge in [0.2, 0.25) is 5.88 Å². The molecule has 6 nitrogen and oxygen atoms in total. The third-order valence-electron chi connectivity index (χ3n) is 4.83. The highest BCUT2D eigenvalue weighted by Crippen LogP contribution is 2.31. The van der Waals surface area contributed by atoms with Crippen LogP contribution in [-0.2, 0) is 6.42 Å². The minimum Gasteiger partial charge on any atom is -0.493 e. The summed E-state index contributed by atoms with van der Waals surface area (Å²) < 4.78 is 1.66. The van der Waals surface area contributed by atoms with Crippen molar-refractivity contribution in [2.75, 3.05) is 0 Å². The lowest BCUT2D eigenvalue weighted by molar-refractivity contribution is 0.442. The summed E-state index contributed by atoms with van der Waals surface area (Å²) in [5, 5.41) is 19.0. The van der Waals surface area contributed by atoms with Gasteiger partial charge in [-0.1, -0.05) is 72.3 Å². The van der Waals surface area contributed by atoms with Crippen LogP contribution in [0.4, 0.5) is 0 Å². The zero-order valence-electron chi connectivity index (χ0n) is 15.8. The first-order valence-corrected chi connectivity index (χ1v) is 9.76. The van der Waals surface area contributed by atoms with E-state index in [9.17, 15) is 5.11 Å². The molecule has 0 aliphatic rings. The lowest BCUT2D eigenvalue weighted by Crippen LogP contribution is -1.97. The second kappa shape index (κ2) is 7.57. The average Bonchev–Trinajstić information content (AvgIpc) is 3.10. The smallest absolute Gasteiger partial charge is 0.219 e. The number of rotatable bonds is 4. The molecule has 0 aliphatic carbocycles. The molecule has 1 N–H and O–H groups in total. The molecule has 5 aromatic rings. The molecule has 0 saturated heterocycles. The minimum atomic E-state index is 0.0859. The fraction of sp³-hybridized carbons (Fsp3) is 0.0435. The van der Waals surface area contributed by atoms with Crippen LogP contribution in [0.25, 0.3) is 28.2 Å². The highest BCUT2D eigenvalue weighted by Gasteiger charge is 2.19. The molecule has 146 valence electrons. The molecular weight excluding hydrogens is 398 g/mol. The molecule has 0 spiro atoms. The first-order valence-electron chi connectivity index (χ1n) is 9.38. The van der Waals surface area contributed by atoms with Crippen molar-refractivity contribution in [1.82, 2.24) is 24.6 Å². The van der Waals surface area contributed by atoms with E-state index in [-0.39, 0.29) is 11.0 Å². The molecule has 3 heterocycles. The molecule has 3 aromatic heterocycles. The second-order valence-corrected chi connectivity index (χ2v) is 7.23. The van der Waals surface area contributed by atoms with Crippen molar-refractivity contribution in [2.24, 2.45) is 0 Å². The number of hydrogen-bond donors (Lipinski definition) is 1. The first kappa shape index (κ1) is 18.3. The van der Waals surface area contributed by atoms with Crippen LogP contribution in [0.15, 0.2) is 79.1 Å². The van der Waals surface area contributed by atoms with Crippen LogP contribution in [0.1, 0.15) is 11.3 Å². The highest BCUT2D eigenvalue weighted by atomic mass is 35.5. The number of imidazole rings is 1. The zero-order chi connectivity index (χ0) is 20.5. The molecule has 0 atom stereocenters. The van der Waals surface area contributed by atoms with Crippen LogP contribution < -0.4 is 0 Å². The predicted octanol–water partition coefficient (Wildman–Crippen LogP) is 4.80. The summed E-state index contributed by atoms with van der Waals surface area (Å²) in [6, 6.07) is 21.4. The third kappa shape index (κ3) is 3.38. The number of fused-ring (bicyclic) bond motifs is 1. The summed E-state index contributed by atoms with van der Waals surface area (Å²) in [6.07, 6.45) is 3.89. The van der Waals surface area contributed by atoms with Gasteiger partial charge in [0.05, 0.1) is 11.9 Å². The van der Waals surface area contributed by atoms with Gasteiger partial charge in [0.25, 0.3) is 0 Å². The molecule has 2 aromatic carbocycles. The summed E-state index contributed by atoms with van der Waals surface area (Å²) in [5.41, 5.74) is 5.03. The van der Waals surface area contributed by atoms with Gasteiger partial charge in [-0.25, -0.2) is 9.97 Å². The van der Waals surface area contributed by atoms with E-state index in [0.29, 0.717) is 34.7 Å². The van der Waals surface area contributed by atoms with Gasteiger partial charge in [0.1, 0.15) is 11.4 Å². The highest BCUT2D eigenvalue weighted by molar-refractivity contribution is 6.29. The van der Waals surface area contributed by atoms with Crippen LogP contribution in [-0.4, -0.2) is 29.7 Å². The maximum absolute atomic E-state index is 11.0. The Morgan fingerprint density at radius 3 is 2.37 bits per heavy atom. The Morgan fingerprint density at radius 1 is 0.900 bits per heavy atom. The van der Waals surface area contributed by atoms with Crippen molar-refractivity contribution < 1.29 is 5.11 Å². The lowest BCUT2D eigenvalue weighted by Gasteiger charge is -2.08. The van der Waals surface area contributed by atoms with Gasteiger partial charge < -0.3 is 5.11 Å². The fourth-order valence-electron chi connectivity index (χ4n) is 3.40. The van der Waals surface area contributed by atoms with Crippen molar-refractivity contribution in [3.63, 3.8) is 0 Å². The Morgan fingerprint density at radius 2 is 1.63 bits per heavy atom. The number of nitrogens with zero attached hydrogens (tertiary/aromatic N) is 5. The van der Waals surface area contributed by atoms with Crippen LogP contribution in [0.3, 0.4) is 0 Å². The van der Waals surface area contributed by atoms with Crippen LogP contribution in [0.2, 0.25) is 5.15 Å². The van der Waals surface area contributed by atoms with Crippen molar-refractivity contribution in [1.29, 1.82) is 0 Å². The van der Waals surface area contributed by atoms with Crippen molar-refractivity contribution in [3.05, 3.63) is 95.5 Å². The van der Waals surface area contributed by atoms with Crippen molar-refractivity contribution >= 4 is 17.2 Å². The molecule has 0 unspecified atom stereocenters. The van der Waals surface area contributed by atoms with E-state index in [1.165, 1.54) is 0 Å². The average molecular weight is 414 g/mol. The molecule has 0 amide bonds. The molecule has 5 rings (SSSR count). The Labute approximate surface area is 177 Å². The van der Waals surface area contributed by atoms with Crippen LogP contribution in [0, 0.1) is 0 Å². The summed E-state index contributed by atoms with van der Waals surface area (Å²) in [7, 11) is 0. The summed E-state index contributed by atoms with van der Waals surface area (Å²) in [4.78, 5) is 9.53. The fourth-order valence-corrected chi connectivity index (χ4v) is 3.56. The lowest BCUT2D eigenvalue weighted by atomic mass is 10.1. The Balaban J connectivity index is 1.74. The topological polar surface area (TPSA) is 76.2 Å². The molecule has 7 heteroatoms. The SMILES string of the molecule is Oc1c(Cc2ccccc2)nc2c(-c3cnnc(Cl)c3)nc(-c3ccccc3)cn12. The molecular formula is C23H16ClN5O. The monoisotopic (exact) mass is 413 g/mol. The molecule has 0 aliphatic heterocycles. The molecule has 0 saturated carbocycles.